The molecule has 0 radical (unpaired) electrons. The maximum absolute atomic E-state index is 12.9. The molecule has 0 atom stereocenters. The van der Waals surface area contributed by atoms with Crippen molar-refractivity contribution >= 4 is 27.5 Å². The van der Waals surface area contributed by atoms with Crippen LogP contribution in [0.4, 0.5) is 13.2 Å². The normalized spacial score (nSPS) is 11.8. The van der Waals surface area contributed by atoms with Gasteiger partial charge in [-0.2, -0.15) is 13.2 Å². The third-order valence-corrected chi connectivity index (χ3v) is 5.97. The number of ether oxygens (including phenoxy) is 1. The zero-order valence-corrected chi connectivity index (χ0v) is 18.2. The van der Waals surface area contributed by atoms with E-state index in [2.05, 4.69) is 0 Å². The van der Waals surface area contributed by atoms with Gasteiger partial charge in [0.05, 0.1) is 16.0 Å². The predicted molar refractivity (Wildman–Crippen MR) is 113 cm³/mol. The van der Waals surface area contributed by atoms with Crippen LogP contribution in [0.1, 0.15) is 27.0 Å². The Morgan fingerprint density at radius 2 is 1.72 bits per heavy atom. The minimum atomic E-state index is -4.73. The first-order valence-electron chi connectivity index (χ1n) is 9.18. The Morgan fingerprint density at radius 1 is 1.03 bits per heavy atom. The van der Waals surface area contributed by atoms with Crippen LogP contribution < -0.4 is 9.46 Å². The lowest BCUT2D eigenvalue weighted by atomic mass is 10.1. The summed E-state index contributed by atoms with van der Waals surface area (Å²) in [5, 5.41) is 0.546. The first-order valence-corrected chi connectivity index (χ1v) is 11.0. The third kappa shape index (κ3) is 5.80. The van der Waals surface area contributed by atoms with Crippen LogP contribution in [0.15, 0.2) is 71.6 Å². The second-order valence-corrected chi connectivity index (χ2v) is 8.99. The molecule has 0 aliphatic rings. The highest BCUT2D eigenvalue weighted by molar-refractivity contribution is 7.90. The average Bonchev–Trinajstić information content (AvgIpc) is 2.72. The minimum absolute atomic E-state index is 0.0832. The van der Waals surface area contributed by atoms with Crippen LogP contribution >= 0.6 is 11.6 Å². The van der Waals surface area contributed by atoms with E-state index in [9.17, 15) is 26.4 Å². The van der Waals surface area contributed by atoms with Gasteiger partial charge in [0.25, 0.3) is 15.9 Å². The smallest absolute Gasteiger partial charge is 0.416 e. The van der Waals surface area contributed by atoms with E-state index in [1.807, 2.05) is 0 Å². The van der Waals surface area contributed by atoms with E-state index in [0.717, 1.165) is 29.3 Å². The second kappa shape index (κ2) is 9.22. The Labute approximate surface area is 187 Å². The lowest BCUT2D eigenvalue weighted by Gasteiger charge is -2.14. The van der Waals surface area contributed by atoms with Crippen molar-refractivity contribution in [2.24, 2.45) is 0 Å². The summed E-state index contributed by atoms with van der Waals surface area (Å²) in [4.78, 5) is 12.0. The lowest BCUT2D eigenvalue weighted by molar-refractivity contribution is -0.137. The summed E-state index contributed by atoms with van der Waals surface area (Å²) < 4.78 is 71.3. The summed E-state index contributed by atoms with van der Waals surface area (Å²) in [5.74, 6) is -0.912. The molecule has 168 valence electrons. The number of amides is 1. The molecule has 32 heavy (non-hydrogen) atoms. The first-order chi connectivity index (χ1) is 15.0. The number of hydrogen-bond donors (Lipinski definition) is 1. The highest BCUT2D eigenvalue weighted by Gasteiger charge is 2.32. The van der Waals surface area contributed by atoms with E-state index in [0.29, 0.717) is 11.1 Å². The van der Waals surface area contributed by atoms with Gasteiger partial charge in [-0.3, -0.25) is 4.79 Å². The number of rotatable bonds is 6. The monoisotopic (exact) mass is 483 g/mol. The Kier molecular flexibility index (Phi) is 6.80. The fraction of sp³-hybridized carbons (Fsp3) is 0.136. The molecule has 3 aromatic carbocycles. The molecule has 0 aliphatic heterocycles. The van der Waals surface area contributed by atoms with Crippen molar-refractivity contribution in [1.82, 2.24) is 4.72 Å². The van der Waals surface area contributed by atoms with Crippen LogP contribution in [-0.2, 0) is 22.8 Å². The molecule has 0 bridgehead atoms. The molecule has 0 aromatic heterocycles. The predicted octanol–water partition coefficient (Wildman–Crippen LogP) is 5.36. The van der Waals surface area contributed by atoms with E-state index >= 15 is 0 Å². The molecule has 3 rings (SSSR count). The van der Waals surface area contributed by atoms with Gasteiger partial charge in [-0.25, -0.2) is 13.1 Å². The molecule has 0 spiro atoms. The molecule has 1 N–H and O–H groups in total. The number of carbonyl (C=O) groups excluding carboxylic acids is 1. The quantitative estimate of drug-likeness (QED) is 0.512. The zero-order chi connectivity index (χ0) is 23.5. The molecule has 1 amide bonds. The van der Waals surface area contributed by atoms with Gasteiger partial charge in [0.1, 0.15) is 12.4 Å². The van der Waals surface area contributed by atoms with E-state index in [4.69, 9.17) is 16.3 Å². The van der Waals surface area contributed by atoms with Gasteiger partial charge in [0.2, 0.25) is 0 Å². The molecular formula is C22H17ClF3NO4S. The SMILES string of the molecule is Cc1ccc(C(=O)NS(=O)(=O)c2cccc(C(F)(F)F)c2)c(OCc2ccc(Cl)cc2)c1. The number of aryl methyl sites for hydroxylation is 1. The topological polar surface area (TPSA) is 72.5 Å². The number of nitrogens with one attached hydrogen (secondary N) is 1. The fourth-order valence-electron chi connectivity index (χ4n) is 2.75. The van der Waals surface area contributed by atoms with Crippen LogP contribution in [0.5, 0.6) is 5.75 Å². The van der Waals surface area contributed by atoms with Gasteiger partial charge in [0, 0.05) is 5.02 Å². The van der Waals surface area contributed by atoms with Crippen molar-refractivity contribution in [1.29, 1.82) is 0 Å². The number of benzene rings is 3. The molecule has 3 aromatic rings. The Bertz CT molecular complexity index is 1240. The molecule has 0 saturated heterocycles. The van der Waals surface area contributed by atoms with Gasteiger partial charge in [-0.05, 0) is 60.5 Å². The van der Waals surface area contributed by atoms with Crippen LogP contribution in [-0.4, -0.2) is 14.3 Å². The van der Waals surface area contributed by atoms with Crippen molar-refractivity contribution in [2.45, 2.75) is 24.6 Å². The number of hydrogen-bond acceptors (Lipinski definition) is 4. The molecule has 0 saturated carbocycles. The van der Waals surface area contributed by atoms with Crippen LogP contribution in [0.2, 0.25) is 5.02 Å². The van der Waals surface area contributed by atoms with Crippen molar-refractivity contribution in [3.63, 3.8) is 0 Å². The van der Waals surface area contributed by atoms with Crippen LogP contribution in [0.3, 0.4) is 0 Å². The Morgan fingerprint density at radius 3 is 2.38 bits per heavy atom. The Hall–Kier alpha value is -3.04. The second-order valence-electron chi connectivity index (χ2n) is 6.87. The molecule has 0 heterocycles. The number of carbonyl (C=O) groups is 1. The highest BCUT2D eigenvalue weighted by Crippen LogP contribution is 2.30. The number of halogens is 4. The summed E-state index contributed by atoms with van der Waals surface area (Å²) in [5.41, 5.74) is 0.294. The average molecular weight is 484 g/mol. The molecular weight excluding hydrogens is 467 g/mol. The molecule has 5 nitrogen and oxygen atoms in total. The van der Waals surface area contributed by atoms with Gasteiger partial charge in [0.15, 0.2) is 0 Å². The standard InChI is InChI=1S/C22H17ClF3NO4S/c1-14-5-10-19(20(11-14)31-13-15-6-8-17(23)9-7-15)21(28)27-32(29,30)18-4-2-3-16(12-18)22(24,25)26/h2-12H,13H2,1H3,(H,27,28). The largest absolute Gasteiger partial charge is 0.488 e. The van der Waals surface area contributed by atoms with Gasteiger partial charge in [-0.15, -0.1) is 0 Å². The maximum Gasteiger partial charge on any atom is 0.416 e. The highest BCUT2D eigenvalue weighted by atomic mass is 35.5. The molecule has 0 fully saturated rings. The van der Waals surface area contributed by atoms with Crippen molar-refractivity contribution < 1.29 is 31.1 Å². The van der Waals surface area contributed by atoms with E-state index in [1.54, 1.807) is 48.0 Å². The summed E-state index contributed by atoms with van der Waals surface area (Å²) in [7, 11) is -4.56. The van der Waals surface area contributed by atoms with Crippen molar-refractivity contribution in [3.05, 3.63) is 94.0 Å². The first kappa shape index (κ1) is 23.6. The summed E-state index contributed by atoms with van der Waals surface area (Å²) in [6.07, 6.45) is -4.73. The summed E-state index contributed by atoms with van der Waals surface area (Å²) in [6, 6.07) is 14.5. The summed E-state index contributed by atoms with van der Waals surface area (Å²) in [6.45, 7) is 1.84. The maximum atomic E-state index is 12.9. The number of sulfonamides is 1. The zero-order valence-electron chi connectivity index (χ0n) is 16.6. The van der Waals surface area contributed by atoms with Gasteiger partial charge < -0.3 is 4.74 Å². The van der Waals surface area contributed by atoms with Crippen molar-refractivity contribution in [3.8, 4) is 5.75 Å². The third-order valence-electron chi connectivity index (χ3n) is 4.39. The lowest BCUT2D eigenvalue weighted by Crippen LogP contribution is -2.31. The van der Waals surface area contributed by atoms with Crippen molar-refractivity contribution in [2.75, 3.05) is 0 Å². The fourth-order valence-corrected chi connectivity index (χ4v) is 3.89. The number of alkyl halides is 3. The summed E-state index contributed by atoms with van der Waals surface area (Å²) >= 11 is 5.85. The van der Waals surface area contributed by atoms with Gasteiger partial charge >= 0.3 is 6.18 Å². The molecule has 0 unspecified atom stereocenters. The van der Waals surface area contributed by atoms with E-state index in [-0.39, 0.29) is 17.9 Å². The minimum Gasteiger partial charge on any atom is -0.488 e. The van der Waals surface area contributed by atoms with E-state index in [1.165, 1.54) is 6.07 Å². The van der Waals surface area contributed by atoms with Gasteiger partial charge in [-0.1, -0.05) is 35.9 Å². The van der Waals surface area contributed by atoms with Crippen LogP contribution in [0.25, 0.3) is 0 Å². The van der Waals surface area contributed by atoms with E-state index < -0.39 is 32.6 Å². The molecule has 10 heteroatoms. The van der Waals surface area contributed by atoms with Crippen LogP contribution in [0, 0.1) is 6.92 Å². The molecule has 0 aliphatic carbocycles. The Balaban J connectivity index is 1.83.